The Kier molecular flexibility index (Phi) is 2.85. The fourth-order valence-electron chi connectivity index (χ4n) is 2.16. The first-order valence-electron chi connectivity index (χ1n) is 5.54. The predicted octanol–water partition coefficient (Wildman–Crippen LogP) is 4.39. The third-order valence-electron chi connectivity index (χ3n) is 4.37. The maximum absolute atomic E-state index is 2.46. The summed E-state index contributed by atoms with van der Waals surface area (Å²) in [7, 11) is 0. The molecule has 0 heterocycles. The van der Waals surface area contributed by atoms with Crippen LogP contribution in [0, 0.1) is 10.8 Å². The molecule has 0 nitrogen and oxygen atoms in total. The summed E-state index contributed by atoms with van der Waals surface area (Å²) in [5, 5.41) is 0. The summed E-state index contributed by atoms with van der Waals surface area (Å²) < 4.78 is 0. The molecule has 72 valence electrons. The van der Waals surface area contributed by atoms with E-state index in [4.69, 9.17) is 0 Å². The average Bonchev–Trinajstić information content (AvgIpc) is 2.11. The summed E-state index contributed by atoms with van der Waals surface area (Å²) in [4.78, 5) is 0. The van der Waals surface area contributed by atoms with E-state index in [1.807, 2.05) is 0 Å². The minimum atomic E-state index is 0.675. The predicted molar refractivity (Wildman–Crippen MR) is 55.3 cm³/mol. The van der Waals surface area contributed by atoms with Gasteiger partial charge in [0.15, 0.2) is 0 Å². The molecule has 0 aromatic heterocycles. The van der Waals surface area contributed by atoms with Crippen LogP contribution in [-0.2, 0) is 0 Å². The molecule has 0 radical (unpaired) electrons. The van der Waals surface area contributed by atoms with Gasteiger partial charge in [-0.3, -0.25) is 0 Å². The Morgan fingerprint density at radius 2 is 1.00 bits per heavy atom. The molecule has 1 aliphatic carbocycles. The Bertz CT molecular complexity index is 120. The topological polar surface area (TPSA) is 0 Å². The van der Waals surface area contributed by atoms with E-state index < -0.39 is 0 Å². The van der Waals surface area contributed by atoms with Crippen molar-refractivity contribution < 1.29 is 0 Å². The minimum Gasteiger partial charge on any atom is -0.0649 e. The van der Waals surface area contributed by atoms with Crippen LogP contribution in [0.3, 0.4) is 0 Å². The van der Waals surface area contributed by atoms with E-state index in [0.29, 0.717) is 10.8 Å². The standard InChI is InChI=1S/C12H24/c1-5-11(3)7-9-12(4,6-2)10-8-11/h5-10H2,1-4H3. The zero-order valence-corrected chi connectivity index (χ0v) is 9.24. The molecule has 1 rings (SSSR count). The summed E-state index contributed by atoms with van der Waals surface area (Å²) >= 11 is 0. The van der Waals surface area contributed by atoms with E-state index in [-0.39, 0.29) is 0 Å². The van der Waals surface area contributed by atoms with Crippen molar-refractivity contribution in [1.82, 2.24) is 0 Å². The molecule has 0 amide bonds. The van der Waals surface area contributed by atoms with Crippen LogP contribution in [0.15, 0.2) is 0 Å². The molecule has 1 fully saturated rings. The highest BCUT2D eigenvalue weighted by Crippen LogP contribution is 2.48. The summed E-state index contributed by atoms with van der Waals surface area (Å²) in [6, 6.07) is 0. The highest BCUT2D eigenvalue weighted by atomic mass is 14.4. The SMILES string of the molecule is CCC1(C)CCC(C)(CC)CC1. The van der Waals surface area contributed by atoms with Gasteiger partial charge in [-0.1, -0.05) is 40.5 Å². The van der Waals surface area contributed by atoms with Gasteiger partial charge in [-0.05, 0) is 36.5 Å². The van der Waals surface area contributed by atoms with Crippen LogP contribution in [0.25, 0.3) is 0 Å². The minimum absolute atomic E-state index is 0.675. The van der Waals surface area contributed by atoms with Crippen LogP contribution in [0.1, 0.15) is 66.2 Å². The third kappa shape index (κ3) is 2.02. The van der Waals surface area contributed by atoms with Gasteiger partial charge in [-0.2, -0.15) is 0 Å². The van der Waals surface area contributed by atoms with Crippen molar-refractivity contribution in [3.8, 4) is 0 Å². The second kappa shape index (κ2) is 3.40. The lowest BCUT2D eigenvalue weighted by atomic mass is 9.63. The van der Waals surface area contributed by atoms with Gasteiger partial charge in [0.1, 0.15) is 0 Å². The number of rotatable bonds is 2. The molecule has 0 atom stereocenters. The lowest BCUT2D eigenvalue weighted by molar-refractivity contribution is 0.0966. The van der Waals surface area contributed by atoms with Crippen LogP contribution in [0.2, 0.25) is 0 Å². The third-order valence-corrected chi connectivity index (χ3v) is 4.37. The van der Waals surface area contributed by atoms with E-state index in [1.165, 1.54) is 38.5 Å². The largest absolute Gasteiger partial charge is 0.0649 e. The van der Waals surface area contributed by atoms with Crippen molar-refractivity contribution in [3.63, 3.8) is 0 Å². The van der Waals surface area contributed by atoms with Crippen molar-refractivity contribution in [2.24, 2.45) is 10.8 Å². The fourth-order valence-corrected chi connectivity index (χ4v) is 2.16. The van der Waals surface area contributed by atoms with E-state index in [9.17, 15) is 0 Å². The number of hydrogen-bond donors (Lipinski definition) is 0. The maximum Gasteiger partial charge on any atom is -0.0328 e. The Morgan fingerprint density at radius 3 is 1.17 bits per heavy atom. The highest BCUT2D eigenvalue weighted by molar-refractivity contribution is 4.86. The molecule has 1 saturated carbocycles. The van der Waals surface area contributed by atoms with Crippen LogP contribution < -0.4 is 0 Å². The first-order valence-corrected chi connectivity index (χ1v) is 5.54. The van der Waals surface area contributed by atoms with Crippen molar-refractivity contribution in [2.45, 2.75) is 66.2 Å². The summed E-state index contributed by atoms with van der Waals surface area (Å²) in [6.45, 7) is 9.60. The van der Waals surface area contributed by atoms with Crippen LogP contribution in [0.4, 0.5) is 0 Å². The molecule has 1 aliphatic rings. The lowest BCUT2D eigenvalue weighted by Crippen LogP contribution is -2.29. The molecular weight excluding hydrogens is 144 g/mol. The Balaban J connectivity index is 2.49. The average molecular weight is 168 g/mol. The van der Waals surface area contributed by atoms with Gasteiger partial charge in [0, 0.05) is 0 Å². The quantitative estimate of drug-likeness (QED) is 0.573. The van der Waals surface area contributed by atoms with E-state index in [2.05, 4.69) is 27.7 Å². The summed E-state index contributed by atoms with van der Waals surface area (Å²) in [5.41, 5.74) is 1.35. The van der Waals surface area contributed by atoms with Crippen molar-refractivity contribution in [1.29, 1.82) is 0 Å². The Morgan fingerprint density at radius 1 is 0.750 bits per heavy atom. The lowest BCUT2D eigenvalue weighted by Gasteiger charge is -2.42. The fraction of sp³-hybridized carbons (Fsp3) is 1.00. The molecule has 0 unspecified atom stereocenters. The Labute approximate surface area is 77.7 Å². The molecule has 0 aromatic carbocycles. The van der Waals surface area contributed by atoms with Gasteiger partial charge in [0.2, 0.25) is 0 Å². The second-order valence-electron chi connectivity index (χ2n) is 5.33. The molecule has 12 heavy (non-hydrogen) atoms. The van der Waals surface area contributed by atoms with Gasteiger partial charge in [-0.25, -0.2) is 0 Å². The van der Waals surface area contributed by atoms with Gasteiger partial charge >= 0.3 is 0 Å². The normalized spacial score (nSPS) is 43.0. The molecule has 0 spiro atoms. The molecule has 0 N–H and O–H groups in total. The van der Waals surface area contributed by atoms with Crippen LogP contribution in [-0.4, -0.2) is 0 Å². The highest BCUT2D eigenvalue weighted by Gasteiger charge is 2.34. The smallest absolute Gasteiger partial charge is 0.0328 e. The van der Waals surface area contributed by atoms with E-state index in [0.717, 1.165) is 0 Å². The second-order valence-corrected chi connectivity index (χ2v) is 5.33. The molecule has 0 saturated heterocycles. The van der Waals surface area contributed by atoms with E-state index in [1.54, 1.807) is 0 Å². The van der Waals surface area contributed by atoms with Crippen molar-refractivity contribution in [3.05, 3.63) is 0 Å². The van der Waals surface area contributed by atoms with Gasteiger partial charge in [-0.15, -0.1) is 0 Å². The Hall–Kier alpha value is 0. The van der Waals surface area contributed by atoms with Crippen LogP contribution >= 0.6 is 0 Å². The molecule has 0 aliphatic heterocycles. The first kappa shape index (κ1) is 10.1. The molecular formula is C12H24. The molecule has 0 bridgehead atoms. The summed E-state index contributed by atoms with van der Waals surface area (Å²) in [6.07, 6.45) is 8.54. The van der Waals surface area contributed by atoms with Crippen LogP contribution in [0.5, 0.6) is 0 Å². The first-order chi connectivity index (χ1) is 5.54. The maximum atomic E-state index is 2.46. The van der Waals surface area contributed by atoms with Crippen molar-refractivity contribution in [2.75, 3.05) is 0 Å². The zero-order chi connectivity index (χ0) is 9.24. The van der Waals surface area contributed by atoms with Gasteiger partial charge in [0.25, 0.3) is 0 Å². The van der Waals surface area contributed by atoms with E-state index >= 15 is 0 Å². The van der Waals surface area contributed by atoms with Gasteiger partial charge < -0.3 is 0 Å². The number of hydrogen-bond acceptors (Lipinski definition) is 0. The molecule has 0 aromatic rings. The summed E-state index contributed by atoms with van der Waals surface area (Å²) in [5.74, 6) is 0. The van der Waals surface area contributed by atoms with Gasteiger partial charge in [0.05, 0.1) is 0 Å². The zero-order valence-electron chi connectivity index (χ0n) is 9.24. The molecule has 0 heteroatoms. The van der Waals surface area contributed by atoms with Crippen molar-refractivity contribution >= 4 is 0 Å². The monoisotopic (exact) mass is 168 g/mol.